The number of benzene rings is 1. The summed E-state index contributed by atoms with van der Waals surface area (Å²) in [5, 5.41) is 12.4. The van der Waals surface area contributed by atoms with E-state index in [-0.39, 0.29) is 31.3 Å². The summed E-state index contributed by atoms with van der Waals surface area (Å²) >= 11 is 5.83. The molecule has 0 heterocycles. The summed E-state index contributed by atoms with van der Waals surface area (Å²) in [4.78, 5) is 36.4. The van der Waals surface area contributed by atoms with Crippen molar-refractivity contribution in [2.75, 3.05) is 13.1 Å². The molecule has 0 spiro atoms. The Morgan fingerprint density at radius 2 is 1.76 bits per heavy atom. The van der Waals surface area contributed by atoms with Gasteiger partial charge in [-0.1, -0.05) is 44.5 Å². The van der Waals surface area contributed by atoms with Crippen LogP contribution in [0.2, 0.25) is 5.02 Å². The van der Waals surface area contributed by atoms with E-state index in [1.165, 1.54) is 4.90 Å². The highest BCUT2D eigenvalue weighted by Crippen LogP contribution is 2.13. The zero-order valence-corrected chi connectivity index (χ0v) is 15.6. The average Bonchev–Trinajstić information content (AvgIpc) is 2.51. The van der Waals surface area contributed by atoms with Crippen molar-refractivity contribution in [3.8, 4) is 0 Å². The molecule has 138 valence electrons. The summed E-state index contributed by atoms with van der Waals surface area (Å²) in [7, 11) is 0. The molecule has 0 aliphatic carbocycles. The molecule has 6 nitrogen and oxygen atoms in total. The van der Waals surface area contributed by atoms with Gasteiger partial charge < -0.3 is 15.3 Å². The maximum atomic E-state index is 12.3. The maximum Gasteiger partial charge on any atom is 0.323 e. The van der Waals surface area contributed by atoms with E-state index in [9.17, 15) is 14.4 Å². The highest BCUT2D eigenvalue weighted by molar-refractivity contribution is 6.30. The van der Waals surface area contributed by atoms with E-state index in [1.54, 1.807) is 24.3 Å². The Hall–Kier alpha value is -2.08. The van der Waals surface area contributed by atoms with Gasteiger partial charge in [-0.25, -0.2) is 0 Å². The van der Waals surface area contributed by atoms with E-state index in [1.807, 2.05) is 20.8 Å². The average molecular weight is 369 g/mol. The first-order valence-electron chi connectivity index (χ1n) is 8.12. The second-order valence-corrected chi connectivity index (χ2v) is 7.32. The van der Waals surface area contributed by atoms with Gasteiger partial charge in [-0.3, -0.25) is 14.4 Å². The fourth-order valence-corrected chi connectivity index (χ4v) is 2.20. The molecule has 0 aliphatic rings. The largest absolute Gasteiger partial charge is 0.480 e. The van der Waals surface area contributed by atoms with Gasteiger partial charge in [0.05, 0.1) is 0 Å². The standard InChI is InChI=1S/C18H25ClN2O4/c1-18(2,3)17(25)20-10-4-5-15(22)21(12-16(23)24)11-13-6-8-14(19)9-7-13/h6-9H,4-5,10-12H2,1-3H3,(H,20,25)(H,23,24). The minimum atomic E-state index is -1.07. The minimum absolute atomic E-state index is 0.0801. The summed E-state index contributed by atoms with van der Waals surface area (Å²) < 4.78 is 0. The highest BCUT2D eigenvalue weighted by Gasteiger charge is 2.21. The zero-order chi connectivity index (χ0) is 19.0. The van der Waals surface area contributed by atoms with Crippen LogP contribution in [0.25, 0.3) is 0 Å². The molecular formula is C18H25ClN2O4. The Labute approximate surface area is 153 Å². The molecule has 0 aliphatic heterocycles. The molecular weight excluding hydrogens is 344 g/mol. The van der Waals surface area contributed by atoms with E-state index in [4.69, 9.17) is 16.7 Å². The van der Waals surface area contributed by atoms with Crippen molar-refractivity contribution in [2.45, 2.75) is 40.2 Å². The van der Waals surface area contributed by atoms with Gasteiger partial charge in [0.25, 0.3) is 0 Å². The molecule has 25 heavy (non-hydrogen) atoms. The van der Waals surface area contributed by atoms with Crippen molar-refractivity contribution in [3.05, 3.63) is 34.9 Å². The summed E-state index contributed by atoms with van der Waals surface area (Å²) in [5.41, 5.74) is 0.327. The number of carbonyl (C=O) groups is 3. The molecule has 0 bridgehead atoms. The topological polar surface area (TPSA) is 86.7 Å². The first-order chi connectivity index (χ1) is 11.6. The quantitative estimate of drug-likeness (QED) is 0.691. The zero-order valence-electron chi connectivity index (χ0n) is 14.8. The molecule has 2 N–H and O–H groups in total. The van der Waals surface area contributed by atoms with Crippen molar-refractivity contribution in [3.63, 3.8) is 0 Å². The lowest BCUT2D eigenvalue weighted by atomic mass is 9.96. The van der Waals surface area contributed by atoms with Crippen molar-refractivity contribution in [2.24, 2.45) is 5.41 Å². The molecule has 0 radical (unpaired) electrons. The van der Waals surface area contributed by atoms with Crippen LogP contribution < -0.4 is 5.32 Å². The number of halogens is 1. The van der Waals surface area contributed by atoms with Crippen LogP contribution in [0.3, 0.4) is 0 Å². The van der Waals surface area contributed by atoms with E-state index in [0.29, 0.717) is 18.0 Å². The van der Waals surface area contributed by atoms with Crippen molar-refractivity contribution >= 4 is 29.4 Å². The molecule has 0 atom stereocenters. The number of carboxylic acid groups (broad SMARTS) is 1. The van der Waals surface area contributed by atoms with Crippen LogP contribution in [0.4, 0.5) is 0 Å². The third-order valence-corrected chi connectivity index (χ3v) is 3.75. The Morgan fingerprint density at radius 1 is 1.16 bits per heavy atom. The number of aliphatic carboxylic acids is 1. The molecule has 1 aromatic carbocycles. The first kappa shape index (κ1) is 21.0. The van der Waals surface area contributed by atoms with E-state index >= 15 is 0 Å². The minimum Gasteiger partial charge on any atom is -0.480 e. The van der Waals surface area contributed by atoms with Crippen LogP contribution in [0.1, 0.15) is 39.2 Å². The monoisotopic (exact) mass is 368 g/mol. The maximum absolute atomic E-state index is 12.3. The van der Waals surface area contributed by atoms with E-state index < -0.39 is 11.4 Å². The predicted molar refractivity (Wildman–Crippen MR) is 96.2 cm³/mol. The Morgan fingerprint density at radius 3 is 2.28 bits per heavy atom. The van der Waals surface area contributed by atoms with Gasteiger partial charge >= 0.3 is 5.97 Å². The Balaban J connectivity index is 2.54. The van der Waals surface area contributed by atoms with Gasteiger partial charge in [0.15, 0.2) is 0 Å². The van der Waals surface area contributed by atoms with Gasteiger partial charge in [-0.15, -0.1) is 0 Å². The second kappa shape index (κ2) is 9.42. The smallest absolute Gasteiger partial charge is 0.323 e. The summed E-state index contributed by atoms with van der Waals surface area (Å²) in [5.74, 6) is -1.41. The molecule has 2 amide bonds. The van der Waals surface area contributed by atoms with Crippen molar-refractivity contribution < 1.29 is 19.5 Å². The number of amides is 2. The second-order valence-electron chi connectivity index (χ2n) is 6.88. The molecule has 7 heteroatoms. The summed E-state index contributed by atoms with van der Waals surface area (Å²) in [6.45, 7) is 5.66. The number of hydrogen-bond donors (Lipinski definition) is 2. The van der Waals surface area contributed by atoms with Gasteiger partial charge in [-0.05, 0) is 24.1 Å². The predicted octanol–water partition coefficient (Wildman–Crippen LogP) is 2.70. The molecule has 1 aromatic rings. The Kier molecular flexibility index (Phi) is 7.90. The van der Waals surface area contributed by atoms with Crippen LogP contribution >= 0.6 is 11.6 Å². The number of hydrogen-bond acceptors (Lipinski definition) is 3. The summed E-state index contributed by atoms with van der Waals surface area (Å²) in [6, 6.07) is 6.91. The molecule has 0 saturated heterocycles. The van der Waals surface area contributed by atoms with Crippen LogP contribution in [0.5, 0.6) is 0 Å². The number of rotatable bonds is 8. The molecule has 0 unspecified atom stereocenters. The molecule has 0 aromatic heterocycles. The normalized spacial score (nSPS) is 11.0. The number of carboxylic acids is 1. The van der Waals surface area contributed by atoms with Crippen LogP contribution in [-0.4, -0.2) is 40.9 Å². The molecule has 0 saturated carbocycles. The highest BCUT2D eigenvalue weighted by atomic mass is 35.5. The number of nitrogens with one attached hydrogen (secondary N) is 1. The third-order valence-electron chi connectivity index (χ3n) is 3.50. The van der Waals surface area contributed by atoms with Crippen molar-refractivity contribution in [1.82, 2.24) is 10.2 Å². The van der Waals surface area contributed by atoms with Crippen molar-refractivity contribution in [1.29, 1.82) is 0 Å². The lowest BCUT2D eigenvalue weighted by Crippen LogP contribution is -2.37. The summed E-state index contributed by atoms with van der Waals surface area (Å²) in [6.07, 6.45) is 0.628. The molecule has 0 fully saturated rings. The van der Waals surface area contributed by atoms with Gasteiger partial charge in [0, 0.05) is 29.9 Å². The van der Waals surface area contributed by atoms with Crippen LogP contribution in [0, 0.1) is 5.41 Å². The Bertz CT molecular complexity index is 608. The lowest BCUT2D eigenvalue weighted by Gasteiger charge is -2.21. The van der Waals surface area contributed by atoms with Gasteiger partial charge in [-0.2, -0.15) is 0 Å². The SMILES string of the molecule is CC(C)(C)C(=O)NCCCC(=O)N(CC(=O)O)Cc1ccc(Cl)cc1. The van der Waals surface area contributed by atoms with E-state index in [0.717, 1.165) is 5.56 Å². The lowest BCUT2D eigenvalue weighted by molar-refractivity contribution is -0.144. The fraction of sp³-hybridized carbons (Fsp3) is 0.500. The van der Waals surface area contributed by atoms with Crippen LogP contribution in [0.15, 0.2) is 24.3 Å². The number of nitrogens with zero attached hydrogens (tertiary/aromatic N) is 1. The van der Waals surface area contributed by atoms with Gasteiger partial charge in [0.2, 0.25) is 11.8 Å². The third kappa shape index (κ3) is 8.03. The van der Waals surface area contributed by atoms with Gasteiger partial charge in [0.1, 0.15) is 6.54 Å². The fourth-order valence-electron chi connectivity index (χ4n) is 2.07. The molecule has 1 rings (SSSR count). The van der Waals surface area contributed by atoms with Crippen LogP contribution in [-0.2, 0) is 20.9 Å². The first-order valence-corrected chi connectivity index (χ1v) is 8.49. The number of carbonyl (C=O) groups excluding carboxylic acids is 2. The van der Waals surface area contributed by atoms with E-state index in [2.05, 4.69) is 5.32 Å².